The minimum absolute atomic E-state index is 0.618. The topological polar surface area (TPSA) is 56.7 Å². The number of aryl methyl sites for hydroxylation is 1. The Morgan fingerprint density at radius 3 is 2.46 bits per heavy atom. The van der Waals surface area contributed by atoms with E-state index in [0.717, 1.165) is 54.4 Å². The molecule has 1 aliphatic carbocycles. The van der Waals surface area contributed by atoms with Gasteiger partial charge in [0.2, 0.25) is 5.88 Å². The van der Waals surface area contributed by atoms with Gasteiger partial charge in [-0.3, -0.25) is 0 Å². The molecule has 1 aliphatic rings. The van der Waals surface area contributed by atoms with E-state index in [1.165, 1.54) is 12.8 Å². The van der Waals surface area contributed by atoms with Crippen molar-refractivity contribution in [1.82, 2.24) is 14.9 Å². The van der Waals surface area contributed by atoms with E-state index < -0.39 is 0 Å². The second-order valence-electron chi connectivity index (χ2n) is 7.22. The van der Waals surface area contributed by atoms with Crippen LogP contribution in [0.3, 0.4) is 0 Å². The fraction of sp³-hybridized carbons (Fsp3) is 0.545. The molecule has 1 aromatic carbocycles. The number of nitrogens with zero attached hydrogens (tertiary/aromatic N) is 3. The standard InChI is InChI=1S/C22H31N3O3/c1-6-19-17(8-7-13-25(2)15-9-10-15)22(28-5)24-21(23-19)18-12-11-16(26-3)14-20(18)27-4/h11-12,14-15H,6-10,13H2,1-5H3. The monoisotopic (exact) mass is 385 g/mol. The Balaban J connectivity index is 1.88. The molecule has 1 fully saturated rings. The molecule has 1 saturated carbocycles. The lowest BCUT2D eigenvalue weighted by Crippen LogP contribution is -2.22. The van der Waals surface area contributed by atoms with Gasteiger partial charge in [-0.25, -0.2) is 4.98 Å². The molecule has 6 heteroatoms. The summed E-state index contributed by atoms with van der Waals surface area (Å²) >= 11 is 0. The number of ether oxygens (including phenoxy) is 3. The Hall–Kier alpha value is -2.34. The molecule has 0 N–H and O–H groups in total. The van der Waals surface area contributed by atoms with Crippen LogP contribution in [0.15, 0.2) is 18.2 Å². The Labute approximate surface area is 167 Å². The van der Waals surface area contributed by atoms with Gasteiger partial charge < -0.3 is 19.1 Å². The van der Waals surface area contributed by atoms with Gasteiger partial charge in [0.1, 0.15) is 11.5 Å². The summed E-state index contributed by atoms with van der Waals surface area (Å²) in [5.74, 6) is 2.70. The van der Waals surface area contributed by atoms with Crippen LogP contribution in [0.4, 0.5) is 0 Å². The molecule has 1 heterocycles. The molecule has 152 valence electrons. The molecule has 0 bridgehead atoms. The maximum absolute atomic E-state index is 5.66. The van der Waals surface area contributed by atoms with Crippen LogP contribution in [0.25, 0.3) is 11.4 Å². The average molecular weight is 386 g/mol. The zero-order valence-corrected chi connectivity index (χ0v) is 17.6. The van der Waals surface area contributed by atoms with Crippen molar-refractivity contribution >= 4 is 0 Å². The van der Waals surface area contributed by atoms with E-state index in [0.29, 0.717) is 17.5 Å². The van der Waals surface area contributed by atoms with Crippen LogP contribution < -0.4 is 14.2 Å². The van der Waals surface area contributed by atoms with Crippen molar-refractivity contribution in [3.05, 3.63) is 29.5 Å². The molecular weight excluding hydrogens is 354 g/mol. The van der Waals surface area contributed by atoms with Gasteiger partial charge in [0, 0.05) is 17.7 Å². The van der Waals surface area contributed by atoms with Crippen molar-refractivity contribution in [3.8, 4) is 28.8 Å². The summed E-state index contributed by atoms with van der Waals surface area (Å²) in [5, 5.41) is 0. The van der Waals surface area contributed by atoms with E-state index in [1.54, 1.807) is 21.3 Å². The number of rotatable bonds is 10. The van der Waals surface area contributed by atoms with Crippen LogP contribution in [0.5, 0.6) is 17.4 Å². The first-order valence-corrected chi connectivity index (χ1v) is 9.97. The van der Waals surface area contributed by atoms with Gasteiger partial charge in [0.25, 0.3) is 0 Å². The predicted octanol–water partition coefficient (Wildman–Crippen LogP) is 3.76. The summed E-state index contributed by atoms with van der Waals surface area (Å²) in [5.41, 5.74) is 2.98. The molecule has 6 nitrogen and oxygen atoms in total. The Bertz CT molecular complexity index is 781. The quantitative estimate of drug-likeness (QED) is 0.621. The van der Waals surface area contributed by atoms with Gasteiger partial charge in [-0.1, -0.05) is 6.92 Å². The zero-order valence-electron chi connectivity index (χ0n) is 17.6. The van der Waals surface area contributed by atoms with Gasteiger partial charge in [-0.05, 0) is 57.8 Å². The van der Waals surface area contributed by atoms with Crippen LogP contribution in [0.2, 0.25) is 0 Å². The van der Waals surface area contributed by atoms with Gasteiger partial charge in [-0.15, -0.1) is 0 Å². The van der Waals surface area contributed by atoms with Gasteiger partial charge in [0.05, 0.1) is 32.6 Å². The van der Waals surface area contributed by atoms with Crippen molar-refractivity contribution in [2.24, 2.45) is 0 Å². The lowest BCUT2D eigenvalue weighted by molar-refractivity contribution is 0.318. The maximum atomic E-state index is 5.66. The number of benzene rings is 1. The summed E-state index contributed by atoms with van der Waals surface area (Å²) < 4.78 is 16.5. The number of aromatic nitrogens is 2. The fourth-order valence-corrected chi connectivity index (χ4v) is 3.53. The van der Waals surface area contributed by atoms with E-state index in [-0.39, 0.29) is 0 Å². The van der Waals surface area contributed by atoms with Crippen molar-refractivity contribution in [3.63, 3.8) is 0 Å². The summed E-state index contributed by atoms with van der Waals surface area (Å²) in [7, 11) is 7.17. The van der Waals surface area contributed by atoms with E-state index >= 15 is 0 Å². The number of hydrogen-bond donors (Lipinski definition) is 0. The molecule has 28 heavy (non-hydrogen) atoms. The highest BCUT2D eigenvalue weighted by atomic mass is 16.5. The molecule has 0 radical (unpaired) electrons. The normalized spacial score (nSPS) is 13.6. The third kappa shape index (κ3) is 4.55. The highest BCUT2D eigenvalue weighted by molar-refractivity contribution is 5.66. The van der Waals surface area contributed by atoms with Crippen LogP contribution in [-0.4, -0.2) is 55.8 Å². The SMILES string of the molecule is CCc1nc(-c2ccc(OC)cc2OC)nc(OC)c1CCCN(C)C1CC1. The van der Waals surface area contributed by atoms with Crippen molar-refractivity contribution < 1.29 is 14.2 Å². The highest BCUT2D eigenvalue weighted by Gasteiger charge is 2.25. The first-order valence-electron chi connectivity index (χ1n) is 9.97. The molecule has 0 amide bonds. The van der Waals surface area contributed by atoms with E-state index in [2.05, 4.69) is 18.9 Å². The molecule has 0 unspecified atom stereocenters. The summed E-state index contributed by atoms with van der Waals surface area (Å²) in [6.45, 7) is 3.21. The Kier molecular flexibility index (Phi) is 6.73. The largest absolute Gasteiger partial charge is 0.497 e. The number of methoxy groups -OCH3 is 3. The molecule has 3 rings (SSSR count). The lowest BCUT2D eigenvalue weighted by Gasteiger charge is -2.18. The summed E-state index contributed by atoms with van der Waals surface area (Å²) in [4.78, 5) is 12.0. The first-order chi connectivity index (χ1) is 13.6. The van der Waals surface area contributed by atoms with E-state index in [1.807, 2.05) is 18.2 Å². The molecule has 0 aliphatic heterocycles. The number of hydrogen-bond acceptors (Lipinski definition) is 6. The first kappa shape index (κ1) is 20.4. The van der Waals surface area contributed by atoms with Crippen molar-refractivity contribution in [1.29, 1.82) is 0 Å². The van der Waals surface area contributed by atoms with Crippen LogP contribution in [0, 0.1) is 0 Å². The Morgan fingerprint density at radius 2 is 1.86 bits per heavy atom. The molecule has 2 aromatic rings. The van der Waals surface area contributed by atoms with E-state index in [4.69, 9.17) is 24.2 Å². The summed E-state index contributed by atoms with van der Waals surface area (Å²) in [6, 6.07) is 6.45. The van der Waals surface area contributed by atoms with Crippen LogP contribution in [-0.2, 0) is 12.8 Å². The van der Waals surface area contributed by atoms with E-state index in [9.17, 15) is 0 Å². The minimum Gasteiger partial charge on any atom is -0.497 e. The third-order valence-electron chi connectivity index (χ3n) is 5.34. The maximum Gasteiger partial charge on any atom is 0.220 e. The minimum atomic E-state index is 0.618. The molecule has 0 saturated heterocycles. The smallest absolute Gasteiger partial charge is 0.220 e. The average Bonchev–Trinajstić information content (AvgIpc) is 3.58. The van der Waals surface area contributed by atoms with Gasteiger partial charge in [-0.2, -0.15) is 4.98 Å². The third-order valence-corrected chi connectivity index (χ3v) is 5.34. The zero-order chi connectivity index (χ0) is 20.1. The van der Waals surface area contributed by atoms with Gasteiger partial charge in [0.15, 0.2) is 5.82 Å². The second-order valence-corrected chi connectivity index (χ2v) is 7.22. The highest BCUT2D eigenvalue weighted by Crippen LogP contribution is 2.34. The van der Waals surface area contributed by atoms with Crippen LogP contribution in [0.1, 0.15) is 37.4 Å². The summed E-state index contributed by atoms with van der Waals surface area (Å²) in [6.07, 6.45) is 5.50. The Morgan fingerprint density at radius 1 is 1.07 bits per heavy atom. The second kappa shape index (κ2) is 9.24. The molecule has 0 atom stereocenters. The van der Waals surface area contributed by atoms with Crippen molar-refractivity contribution in [2.75, 3.05) is 34.9 Å². The molecule has 0 spiro atoms. The molecular formula is C22H31N3O3. The van der Waals surface area contributed by atoms with Gasteiger partial charge >= 0.3 is 0 Å². The molecule has 1 aromatic heterocycles. The van der Waals surface area contributed by atoms with Crippen molar-refractivity contribution in [2.45, 2.75) is 45.1 Å². The predicted molar refractivity (Wildman–Crippen MR) is 110 cm³/mol. The fourth-order valence-electron chi connectivity index (χ4n) is 3.53. The lowest BCUT2D eigenvalue weighted by atomic mass is 10.1. The van der Waals surface area contributed by atoms with Crippen LogP contribution >= 0.6 is 0 Å².